The second kappa shape index (κ2) is 10.9. The lowest BCUT2D eigenvalue weighted by atomic mass is 9.94. The molecule has 2 heterocycles. The van der Waals surface area contributed by atoms with Crippen molar-refractivity contribution in [2.24, 2.45) is 0 Å². The predicted molar refractivity (Wildman–Crippen MR) is 132 cm³/mol. The number of amides is 1. The SMILES string of the molecule is CCCOc1ccc(C2C(C(=O)Nc3ccccc3OCC)=C(C)Nc3nnnn32)cc1OCC. The maximum atomic E-state index is 13.7. The molecule has 1 aliphatic heterocycles. The van der Waals surface area contributed by atoms with Crippen molar-refractivity contribution in [1.82, 2.24) is 20.2 Å². The standard InChI is InChI=1S/C25H30N6O4/c1-5-14-35-20-13-12-17(15-21(20)34-7-3)23-22(16(4)26-25-28-29-30-31(23)25)24(32)27-18-10-8-9-11-19(18)33-6-2/h8-13,15,23H,5-7,14H2,1-4H3,(H,27,32)(H,26,28,30). The van der Waals surface area contributed by atoms with Crippen molar-refractivity contribution in [3.05, 3.63) is 59.3 Å². The molecule has 10 nitrogen and oxygen atoms in total. The van der Waals surface area contributed by atoms with Crippen LogP contribution in [0.4, 0.5) is 11.6 Å². The minimum Gasteiger partial charge on any atom is -0.492 e. The van der Waals surface area contributed by atoms with Crippen molar-refractivity contribution in [3.63, 3.8) is 0 Å². The van der Waals surface area contributed by atoms with Gasteiger partial charge in [-0.2, -0.15) is 4.68 Å². The zero-order chi connectivity index (χ0) is 24.8. The maximum absolute atomic E-state index is 13.7. The average molecular weight is 479 g/mol. The van der Waals surface area contributed by atoms with Crippen molar-refractivity contribution in [1.29, 1.82) is 0 Å². The van der Waals surface area contributed by atoms with Crippen LogP contribution in [-0.2, 0) is 4.79 Å². The van der Waals surface area contributed by atoms with E-state index in [-0.39, 0.29) is 5.91 Å². The van der Waals surface area contributed by atoms with Crippen LogP contribution in [-0.4, -0.2) is 45.9 Å². The normalized spacial score (nSPS) is 14.7. The van der Waals surface area contributed by atoms with Crippen LogP contribution in [0.5, 0.6) is 17.2 Å². The fourth-order valence-corrected chi connectivity index (χ4v) is 3.95. The average Bonchev–Trinajstić information content (AvgIpc) is 3.32. The van der Waals surface area contributed by atoms with E-state index in [0.29, 0.717) is 60.0 Å². The lowest BCUT2D eigenvalue weighted by Gasteiger charge is -2.28. The van der Waals surface area contributed by atoms with Crippen molar-refractivity contribution in [2.45, 2.75) is 40.2 Å². The molecule has 4 rings (SSSR count). The molecule has 1 aromatic heterocycles. The van der Waals surface area contributed by atoms with Gasteiger partial charge in [-0.25, -0.2) is 0 Å². The molecule has 1 amide bonds. The van der Waals surface area contributed by atoms with E-state index in [1.807, 2.05) is 64.1 Å². The zero-order valence-corrected chi connectivity index (χ0v) is 20.4. The first-order valence-corrected chi connectivity index (χ1v) is 11.8. The highest BCUT2D eigenvalue weighted by Gasteiger charge is 2.35. The van der Waals surface area contributed by atoms with Gasteiger partial charge in [-0.3, -0.25) is 4.79 Å². The van der Waals surface area contributed by atoms with Crippen LogP contribution in [0.15, 0.2) is 53.7 Å². The lowest BCUT2D eigenvalue weighted by molar-refractivity contribution is -0.113. The number of benzene rings is 2. The van der Waals surface area contributed by atoms with Gasteiger partial charge in [0.25, 0.3) is 5.91 Å². The summed E-state index contributed by atoms with van der Waals surface area (Å²) in [6.45, 7) is 9.23. The molecule has 1 aliphatic rings. The van der Waals surface area contributed by atoms with E-state index in [1.165, 1.54) is 0 Å². The summed E-state index contributed by atoms with van der Waals surface area (Å²) in [5, 5.41) is 18.2. The van der Waals surface area contributed by atoms with Gasteiger partial charge in [-0.1, -0.05) is 30.2 Å². The van der Waals surface area contributed by atoms with Crippen LogP contribution < -0.4 is 24.8 Å². The first-order valence-electron chi connectivity index (χ1n) is 11.8. The smallest absolute Gasteiger partial charge is 0.255 e. The van der Waals surface area contributed by atoms with E-state index >= 15 is 0 Å². The lowest BCUT2D eigenvalue weighted by Crippen LogP contribution is -2.31. The second-order valence-electron chi connectivity index (χ2n) is 7.88. The van der Waals surface area contributed by atoms with Crippen LogP contribution in [0, 0.1) is 0 Å². The Morgan fingerprint density at radius 2 is 1.80 bits per heavy atom. The van der Waals surface area contributed by atoms with E-state index in [1.54, 1.807) is 10.7 Å². The molecule has 2 aromatic carbocycles. The number of carbonyl (C=O) groups is 1. The van der Waals surface area contributed by atoms with Gasteiger partial charge in [-0.05, 0) is 67.4 Å². The van der Waals surface area contributed by atoms with Gasteiger partial charge in [0.1, 0.15) is 11.8 Å². The van der Waals surface area contributed by atoms with Gasteiger partial charge in [0, 0.05) is 5.70 Å². The topological polar surface area (TPSA) is 112 Å². The first kappa shape index (κ1) is 24.1. The Hall–Kier alpha value is -4.08. The second-order valence-corrected chi connectivity index (χ2v) is 7.88. The van der Waals surface area contributed by atoms with Gasteiger partial charge in [0.2, 0.25) is 5.95 Å². The molecule has 0 radical (unpaired) electrons. The van der Waals surface area contributed by atoms with Gasteiger partial charge in [0.15, 0.2) is 11.5 Å². The summed E-state index contributed by atoms with van der Waals surface area (Å²) in [5.74, 6) is 2.01. The number of nitrogens with zero attached hydrogens (tertiary/aromatic N) is 4. The summed E-state index contributed by atoms with van der Waals surface area (Å²) < 4.78 is 19.0. The van der Waals surface area contributed by atoms with Crippen LogP contribution in [0.25, 0.3) is 0 Å². The Kier molecular flexibility index (Phi) is 7.49. The maximum Gasteiger partial charge on any atom is 0.255 e. The molecule has 2 N–H and O–H groups in total. The Morgan fingerprint density at radius 1 is 1.03 bits per heavy atom. The third-order valence-corrected chi connectivity index (χ3v) is 5.44. The molecule has 10 heteroatoms. The molecule has 0 spiro atoms. The molecule has 0 saturated heterocycles. The van der Waals surface area contributed by atoms with Crippen LogP contribution >= 0.6 is 0 Å². The molecular formula is C25H30N6O4. The van der Waals surface area contributed by atoms with E-state index in [0.717, 1.165) is 12.0 Å². The number of tetrazole rings is 1. The first-order chi connectivity index (χ1) is 17.1. The highest BCUT2D eigenvalue weighted by molar-refractivity contribution is 6.06. The Balaban J connectivity index is 1.74. The molecule has 0 aliphatic carbocycles. The van der Waals surface area contributed by atoms with Gasteiger partial charge in [0.05, 0.1) is 31.1 Å². The number of hydrogen-bond donors (Lipinski definition) is 2. The summed E-state index contributed by atoms with van der Waals surface area (Å²) in [6, 6.07) is 12.4. The fourth-order valence-electron chi connectivity index (χ4n) is 3.95. The molecule has 35 heavy (non-hydrogen) atoms. The van der Waals surface area contributed by atoms with Gasteiger partial charge >= 0.3 is 0 Å². The van der Waals surface area contributed by atoms with Crippen molar-refractivity contribution in [3.8, 4) is 17.2 Å². The minimum absolute atomic E-state index is 0.294. The number of anilines is 2. The molecule has 184 valence electrons. The van der Waals surface area contributed by atoms with E-state index in [2.05, 4.69) is 26.2 Å². The highest BCUT2D eigenvalue weighted by Crippen LogP contribution is 2.39. The minimum atomic E-state index is -0.583. The summed E-state index contributed by atoms with van der Waals surface area (Å²) in [6.07, 6.45) is 0.880. The molecule has 0 saturated carbocycles. The van der Waals surface area contributed by atoms with Crippen molar-refractivity contribution >= 4 is 17.5 Å². The molecule has 1 unspecified atom stereocenters. The zero-order valence-electron chi connectivity index (χ0n) is 20.4. The summed E-state index contributed by atoms with van der Waals surface area (Å²) in [4.78, 5) is 13.7. The Labute approximate surface area is 204 Å². The van der Waals surface area contributed by atoms with E-state index < -0.39 is 6.04 Å². The van der Waals surface area contributed by atoms with Crippen LogP contribution in [0.1, 0.15) is 45.7 Å². The molecular weight excluding hydrogens is 448 g/mol. The summed E-state index contributed by atoms with van der Waals surface area (Å²) in [7, 11) is 0. The predicted octanol–water partition coefficient (Wildman–Crippen LogP) is 4.19. The number of para-hydroxylation sites is 2. The quantitative estimate of drug-likeness (QED) is 0.446. The van der Waals surface area contributed by atoms with Crippen LogP contribution in [0.2, 0.25) is 0 Å². The number of allylic oxidation sites excluding steroid dienone is 1. The Morgan fingerprint density at radius 3 is 2.57 bits per heavy atom. The summed E-state index contributed by atoms with van der Waals surface area (Å²) >= 11 is 0. The Bertz CT molecular complexity index is 1220. The van der Waals surface area contributed by atoms with Gasteiger partial charge < -0.3 is 24.8 Å². The molecule has 0 bridgehead atoms. The third-order valence-electron chi connectivity index (χ3n) is 5.44. The molecule has 3 aromatic rings. The molecule has 1 atom stereocenters. The fraction of sp³-hybridized carbons (Fsp3) is 0.360. The number of rotatable bonds is 10. The monoisotopic (exact) mass is 478 g/mol. The van der Waals surface area contributed by atoms with Crippen molar-refractivity contribution in [2.75, 3.05) is 30.5 Å². The third kappa shape index (κ3) is 5.06. The van der Waals surface area contributed by atoms with Gasteiger partial charge in [-0.15, -0.1) is 0 Å². The number of carbonyl (C=O) groups excluding carboxylic acids is 1. The number of aromatic nitrogens is 4. The number of nitrogens with one attached hydrogen (secondary N) is 2. The summed E-state index contributed by atoms with van der Waals surface area (Å²) in [5.41, 5.74) is 2.49. The van der Waals surface area contributed by atoms with Crippen LogP contribution in [0.3, 0.4) is 0 Å². The number of ether oxygens (including phenoxy) is 3. The largest absolute Gasteiger partial charge is 0.492 e. The molecule has 0 fully saturated rings. The van der Waals surface area contributed by atoms with Crippen molar-refractivity contribution < 1.29 is 19.0 Å². The van der Waals surface area contributed by atoms with E-state index in [9.17, 15) is 4.79 Å². The number of fused-ring (bicyclic) bond motifs is 1. The number of hydrogen-bond acceptors (Lipinski definition) is 8. The van der Waals surface area contributed by atoms with E-state index in [4.69, 9.17) is 14.2 Å². The highest BCUT2D eigenvalue weighted by atomic mass is 16.5.